The maximum Gasteiger partial charge on any atom is 0.414 e. The van der Waals surface area contributed by atoms with E-state index in [4.69, 9.17) is 24.8 Å². The molecule has 1 amide bonds. The summed E-state index contributed by atoms with van der Waals surface area (Å²) in [7, 11) is 0. The van der Waals surface area contributed by atoms with Gasteiger partial charge in [0.05, 0.1) is 18.8 Å². The number of aromatic nitrogens is 1. The Balaban J connectivity index is 0.000000469. The summed E-state index contributed by atoms with van der Waals surface area (Å²) < 4.78 is 0. The third-order valence-corrected chi connectivity index (χ3v) is 5.98. The number of piperazine rings is 1. The lowest BCUT2D eigenvalue weighted by Crippen LogP contribution is -2.49. The molecule has 0 aliphatic carbocycles. The van der Waals surface area contributed by atoms with E-state index >= 15 is 0 Å². The van der Waals surface area contributed by atoms with Crippen molar-refractivity contribution in [1.82, 2.24) is 19.7 Å². The molecule has 0 atom stereocenters. The van der Waals surface area contributed by atoms with Crippen LogP contribution < -0.4 is 0 Å². The Hall–Kier alpha value is -2.04. The minimum absolute atomic E-state index is 0.128. The fourth-order valence-corrected chi connectivity index (χ4v) is 4.34. The van der Waals surface area contributed by atoms with Gasteiger partial charge in [0.15, 0.2) is 0 Å². The first-order valence-electron chi connectivity index (χ1n) is 10.2. The fraction of sp³-hybridized carbons (Fsp3) is 0.700. The van der Waals surface area contributed by atoms with Gasteiger partial charge in [-0.25, -0.2) is 14.6 Å². The van der Waals surface area contributed by atoms with Crippen molar-refractivity contribution in [2.75, 3.05) is 45.8 Å². The van der Waals surface area contributed by atoms with Crippen LogP contribution in [0.25, 0.3) is 0 Å². The van der Waals surface area contributed by atoms with Crippen molar-refractivity contribution >= 4 is 29.2 Å². The maximum absolute atomic E-state index is 12.2. The number of likely N-dealkylation sites (tertiary alicyclic amines) is 1. The second-order valence-electron chi connectivity index (χ2n) is 8.63. The average molecular weight is 441 g/mol. The Kier molecular flexibility index (Phi) is 8.75. The third kappa shape index (κ3) is 7.66. The lowest BCUT2D eigenvalue weighted by Gasteiger charge is -2.34. The number of hydrogen-bond acceptors (Lipinski definition) is 7. The van der Waals surface area contributed by atoms with Crippen LogP contribution in [0.1, 0.15) is 44.3 Å². The van der Waals surface area contributed by atoms with Crippen molar-refractivity contribution in [3.8, 4) is 0 Å². The van der Waals surface area contributed by atoms with Gasteiger partial charge in [0, 0.05) is 50.1 Å². The highest BCUT2D eigenvalue weighted by molar-refractivity contribution is 7.09. The number of rotatable bonds is 4. The molecule has 30 heavy (non-hydrogen) atoms. The molecule has 9 nitrogen and oxygen atoms in total. The predicted molar refractivity (Wildman–Crippen MR) is 114 cm³/mol. The van der Waals surface area contributed by atoms with Crippen molar-refractivity contribution in [2.45, 2.75) is 45.6 Å². The maximum atomic E-state index is 12.2. The Morgan fingerprint density at radius 3 is 1.97 bits per heavy atom. The number of hydrogen-bond donors (Lipinski definition) is 2. The molecule has 0 saturated carbocycles. The monoisotopic (exact) mass is 440 g/mol. The summed E-state index contributed by atoms with van der Waals surface area (Å²) in [5.74, 6) is -3.33. The van der Waals surface area contributed by atoms with E-state index in [-0.39, 0.29) is 5.41 Å². The highest BCUT2D eigenvalue weighted by Crippen LogP contribution is 2.24. The zero-order chi connectivity index (χ0) is 22.3. The fourth-order valence-electron chi connectivity index (χ4n) is 3.28. The van der Waals surface area contributed by atoms with E-state index in [9.17, 15) is 4.79 Å². The first-order chi connectivity index (χ1) is 14.1. The molecule has 2 fully saturated rings. The van der Waals surface area contributed by atoms with Crippen molar-refractivity contribution in [3.05, 3.63) is 16.1 Å². The Morgan fingerprint density at radius 2 is 1.50 bits per heavy atom. The smallest absolute Gasteiger partial charge is 0.414 e. The molecule has 2 saturated heterocycles. The molecule has 0 spiro atoms. The van der Waals surface area contributed by atoms with Crippen LogP contribution in [-0.2, 0) is 26.3 Å². The molecule has 0 bridgehead atoms. The van der Waals surface area contributed by atoms with Gasteiger partial charge in [0.2, 0.25) is 5.91 Å². The molecule has 2 N–H and O–H groups in total. The van der Waals surface area contributed by atoms with Crippen LogP contribution in [0.4, 0.5) is 0 Å². The van der Waals surface area contributed by atoms with E-state index in [1.807, 2.05) is 4.90 Å². The zero-order valence-corrected chi connectivity index (χ0v) is 18.8. The summed E-state index contributed by atoms with van der Waals surface area (Å²) >= 11 is 1.77. The lowest BCUT2D eigenvalue weighted by atomic mass is 9.93. The molecule has 2 aliphatic rings. The Morgan fingerprint density at radius 1 is 0.967 bits per heavy atom. The first-order valence-corrected chi connectivity index (χ1v) is 11.1. The third-order valence-electron chi connectivity index (χ3n) is 5.14. The number of carboxylic acids is 2. The standard InChI is InChI=1S/C18H30N4OS.C2H2O4/c1-18(2,3)15-14-24-16(19-15)12-20-8-10-21(11-9-20)13-17(23)22-6-4-5-7-22;3-1(4)2(5)6/h14H,4-13H2,1-3H3;(H,3,4)(H,5,6). The molecular formula is C20H32N4O5S. The van der Waals surface area contributed by atoms with E-state index < -0.39 is 11.9 Å². The van der Waals surface area contributed by atoms with E-state index in [0.29, 0.717) is 12.5 Å². The molecule has 3 heterocycles. The predicted octanol–water partition coefficient (Wildman–Crippen LogP) is 1.34. The number of carbonyl (C=O) groups excluding carboxylic acids is 1. The van der Waals surface area contributed by atoms with E-state index in [0.717, 1.165) is 45.8 Å². The number of carbonyl (C=O) groups is 3. The van der Waals surface area contributed by atoms with Gasteiger partial charge in [0.25, 0.3) is 0 Å². The number of thiazole rings is 1. The van der Waals surface area contributed by atoms with Crippen LogP contribution in [0.3, 0.4) is 0 Å². The topological polar surface area (TPSA) is 114 Å². The minimum atomic E-state index is -1.82. The van der Waals surface area contributed by atoms with Gasteiger partial charge in [-0.05, 0) is 12.8 Å². The molecule has 0 aromatic carbocycles. The molecule has 1 aromatic heterocycles. The summed E-state index contributed by atoms with van der Waals surface area (Å²) in [6.07, 6.45) is 2.34. The SMILES string of the molecule is CC(C)(C)c1csc(CN2CCN(CC(=O)N3CCCC3)CC2)n1.O=C(O)C(=O)O. The molecule has 3 rings (SSSR count). The number of nitrogens with zero attached hydrogens (tertiary/aromatic N) is 4. The highest BCUT2D eigenvalue weighted by Gasteiger charge is 2.24. The van der Waals surface area contributed by atoms with Crippen molar-refractivity contribution in [3.63, 3.8) is 0 Å². The highest BCUT2D eigenvalue weighted by atomic mass is 32.1. The van der Waals surface area contributed by atoms with Gasteiger partial charge < -0.3 is 15.1 Å². The Bertz CT molecular complexity index is 720. The van der Waals surface area contributed by atoms with Gasteiger partial charge in [-0.15, -0.1) is 11.3 Å². The molecule has 168 valence electrons. The molecular weight excluding hydrogens is 408 g/mol. The second-order valence-corrected chi connectivity index (χ2v) is 9.57. The molecule has 0 unspecified atom stereocenters. The van der Waals surface area contributed by atoms with E-state index in [1.54, 1.807) is 11.3 Å². The van der Waals surface area contributed by atoms with Gasteiger partial charge >= 0.3 is 11.9 Å². The number of amides is 1. The second kappa shape index (κ2) is 10.8. The summed E-state index contributed by atoms with van der Waals surface area (Å²) in [6.45, 7) is 14.1. The van der Waals surface area contributed by atoms with Crippen LogP contribution in [-0.4, -0.2) is 93.6 Å². The lowest BCUT2D eigenvalue weighted by molar-refractivity contribution is -0.159. The van der Waals surface area contributed by atoms with Crippen LogP contribution in [0.2, 0.25) is 0 Å². The molecule has 1 aromatic rings. The van der Waals surface area contributed by atoms with E-state index in [1.165, 1.54) is 23.5 Å². The van der Waals surface area contributed by atoms with Gasteiger partial charge in [-0.3, -0.25) is 14.6 Å². The van der Waals surface area contributed by atoms with Gasteiger partial charge in [-0.2, -0.15) is 0 Å². The normalized spacial score (nSPS) is 18.0. The minimum Gasteiger partial charge on any atom is -0.473 e. The van der Waals surface area contributed by atoms with Crippen molar-refractivity contribution in [1.29, 1.82) is 0 Å². The number of aliphatic carboxylic acids is 2. The van der Waals surface area contributed by atoms with Crippen LogP contribution >= 0.6 is 11.3 Å². The van der Waals surface area contributed by atoms with Crippen molar-refractivity contribution in [2.24, 2.45) is 0 Å². The zero-order valence-electron chi connectivity index (χ0n) is 18.0. The van der Waals surface area contributed by atoms with Gasteiger partial charge in [0.1, 0.15) is 5.01 Å². The molecule has 0 radical (unpaired) electrons. The summed E-state index contributed by atoms with van der Waals surface area (Å²) in [5.41, 5.74) is 1.32. The first kappa shape index (κ1) is 24.2. The van der Waals surface area contributed by atoms with Gasteiger partial charge in [-0.1, -0.05) is 20.8 Å². The summed E-state index contributed by atoms with van der Waals surface area (Å²) in [5, 5.41) is 18.2. The van der Waals surface area contributed by atoms with E-state index in [2.05, 4.69) is 36.0 Å². The average Bonchev–Trinajstić information content (AvgIpc) is 3.35. The molecule has 2 aliphatic heterocycles. The van der Waals surface area contributed by atoms with Crippen LogP contribution in [0.15, 0.2) is 5.38 Å². The number of carboxylic acid groups (broad SMARTS) is 2. The summed E-state index contributed by atoms with van der Waals surface area (Å²) in [6, 6.07) is 0. The largest absolute Gasteiger partial charge is 0.473 e. The van der Waals surface area contributed by atoms with Crippen LogP contribution in [0, 0.1) is 0 Å². The summed E-state index contributed by atoms with van der Waals surface area (Å²) in [4.78, 5) is 42.0. The molecule has 10 heteroatoms. The van der Waals surface area contributed by atoms with Crippen molar-refractivity contribution < 1.29 is 24.6 Å². The Labute approximate surface area is 181 Å². The quantitative estimate of drug-likeness (QED) is 0.674. The van der Waals surface area contributed by atoms with Crippen LogP contribution in [0.5, 0.6) is 0 Å².